The van der Waals surface area contributed by atoms with Crippen molar-refractivity contribution in [3.05, 3.63) is 35.9 Å². The Kier molecular flexibility index (Phi) is 8.26. The molecule has 3 saturated heterocycles. The second-order valence-corrected chi connectivity index (χ2v) is 13.1. The summed E-state index contributed by atoms with van der Waals surface area (Å²) in [5, 5.41) is 6.59. The Labute approximate surface area is 241 Å². The SMILES string of the molecule is CCC1C2CC3(CC2N1CC[C@H](NC(=O)C1CCC(F)(F)CC1)c1ccccc1)CN(CC1COCOC1)C(=O)N3. The Hall–Kier alpha value is -2.30. The molecule has 2 N–H and O–H groups in total. The molecular weight excluding hydrogens is 530 g/mol. The van der Waals surface area contributed by atoms with Crippen LogP contribution in [0.5, 0.6) is 0 Å². The number of likely N-dealkylation sites (tertiary alicyclic amines) is 1. The van der Waals surface area contributed by atoms with Gasteiger partial charge in [0.15, 0.2) is 0 Å². The lowest BCUT2D eigenvalue weighted by atomic mass is 9.80. The number of ether oxygens (including phenoxy) is 2. The zero-order valence-electron chi connectivity index (χ0n) is 24.0. The van der Waals surface area contributed by atoms with Crippen molar-refractivity contribution in [2.45, 2.75) is 87.9 Å². The first-order valence-electron chi connectivity index (χ1n) is 15.5. The number of benzene rings is 1. The van der Waals surface area contributed by atoms with E-state index in [0.29, 0.717) is 44.6 Å². The van der Waals surface area contributed by atoms with Crippen LogP contribution >= 0.6 is 0 Å². The van der Waals surface area contributed by atoms with Gasteiger partial charge < -0.3 is 25.0 Å². The first-order chi connectivity index (χ1) is 19.8. The van der Waals surface area contributed by atoms with E-state index in [0.717, 1.165) is 44.3 Å². The number of carbonyl (C=O) groups excluding carboxylic acids is 2. The van der Waals surface area contributed by atoms with Crippen LogP contribution in [0.15, 0.2) is 30.3 Å². The number of hydrogen-bond acceptors (Lipinski definition) is 5. The van der Waals surface area contributed by atoms with Crippen LogP contribution < -0.4 is 10.6 Å². The minimum absolute atomic E-state index is 0.0174. The molecular formula is C31H44F2N4O4. The third-order valence-corrected chi connectivity index (χ3v) is 10.3. The maximum absolute atomic E-state index is 13.7. The van der Waals surface area contributed by atoms with Gasteiger partial charge in [-0.25, -0.2) is 13.6 Å². The zero-order chi connectivity index (χ0) is 28.6. The van der Waals surface area contributed by atoms with Crippen LogP contribution in [0.1, 0.15) is 69.9 Å². The van der Waals surface area contributed by atoms with Crippen molar-refractivity contribution in [1.29, 1.82) is 0 Å². The normalized spacial score (nSPS) is 32.9. The fraction of sp³-hybridized carbons (Fsp3) is 0.742. The summed E-state index contributed by atoms with van der Waals surface area (Å²) >= 11 is 0. The van der Waals surface area contributed by atoms with Crippen LogP contribution in [0.25, 0.3) is 0 Å². The lowest BCUT2D eigenvalue weighted by Gasteiger charge is -2.53. The Morgan fingerprint density at radius 2 is 1.88 bits per heavy atom. The fourth-order valence-electron chi connectivity index (χ4n) is 8.23. The number of hydrogen-bond donors (Lipinski definition) is 2. The van der Waals surface area contributed by atoms with Crippen LogP contribution in [0.2, 0.25) is 0 Å². The maximum atomic E-state index is 13.7. The van der Waals surface area contributed by atoms with Crippen molar-refractivity contribution in [2.75, 3.05) is 39.6 Å². The average molecular weight is 575 g/mol. The molecule has 0 bridgehead atoms. The van der Waals surface area contributed by atoms with Gasteiger partial charge in [0, 0.05) is 56.4 Å². The standard InChI is InChI=1S/C31H44F2N4O4/c1-2-26-24-14-30(19-36(29(39)35-30)16-21-17-40-20-41-18-21)15-27(24)37(26)13-10-25(22-6-4-3-5-7-22)34-28(38)23-8-11-31(32,33)12-9-23/h3-7,21,23-27H,2,8-20H2,1H3,(H,34,38)(H,35,39)/t24?,25-,26?,27?,30?/m0/s1. The smallest absolute Gasteiger partial charge is 0.317 e. The molecule has 3 amide bonds. The summed E-state index contributed by atoms with van der Waals surface area (Å²) in [6, 6.07) is 10.7. The predicted octanol–water partition coefficient (Wildman–Crippen LogP) is 4.32. The number of halogens is 2. The van der Waals surface area contributed by atoms with Gasteiger partial charge in [-0.1, -0.05) is 37.3 Å². The van der Waals surface area contributed by atoms with E-state index in [1.807, 2.05) is 35.2 Å². The van der Waals surface area contributed by atoms with E-state index < -0.39 is 5.92 Å². The third-order valence-electron chi connectivity index (χ3n) is 10.3. The van der Waals surface area contributed by atoms with Gasteiger partial charge in [-0.05, 0) is 50.0 Å². The van der Waals surface area contributed by atoms with Gasteiger partial charge in [0.2, 0.25) is 11.8 Å². The number of alkyl halides is 2. The molecule has 5 atom stereocenters. The summed E-state index contributed by atoms with van der Waals surface area (Å²) in [4.78, 5) is 30.7. The number of urea groups is 1. The molecule has 226 valence electrons. The Bertz CT molecular complexity index is 1080. The van der Waals surface area contributed by atoms with Crippen LogP contribution in [0, 0.1) is 17.8 Å². The number of nitrogens with zero attached hydrogens (tertiary/aromatic N) is 2. The summed E-state index contributed by atoms with van der Waals surface area (Å²) in [6.45, 7) is 6.03. The van der Waals surface area contributed by atoms with Crippen molar-refractivity contribution in [3.63, 3.8) is 0 Å². The molecule has 1 aromatic carbocycles. The van der Waals surface area contributed by atoms with Crippen molar-refractivity contribution < 1.29 is 27.8 Å². The summed E-state index contributed by atoms with van der Waals surface area (Å²) in [5.41, 5.74) is 0.852. The minimum Gasteiger partial charge on any atom is -0.355 e. The van der Waals surface area contributed by atoms with Crippen LogP contribution in [0.3, 0.4) is 0 Å². The second kappa shape index (κ2) is 11.8. The lowest BCUT2D eigenvalue weighted by Crippen LogP contribution is -2.61. The van der Waals surface area contributed by atoms with E-state index in [1.165, 1.54) is 0 Å². The Morgan fingerprint density at radius 1 is 1.15 bits per heavy atom. The van der Waals surface area contributed by atoms with Gasteiger partial charge in [0.25, 0.3) is 0 Å². The minimum atomic E-state index is -2.65. The number of fused-ring (bicyclic) bond motifs is 1. The molecule has 0 radical (unpaired) electrons. The quantitative estimate of drug-likeness (QED) is 0.459. The largest absolute Gasteiger partial charge is 0.355 e. The zero-order valence-corrected chi connectivity index (χ0v) is 24.0. The van der Waals surface area contributed by atoms with Crippen molar-refractivity contribution in [2.24, 2.45) is 17.8 Å². The molecule has 5 fully saturated rings. The first kappa shape index (κ1) is 28.8. The molecule has 3 aliphatic heterocycles. The molecule has 3 heterocycles. The molecule has 1 spiro atoms. The Balaban J connectivity index is 1.08. The average Bonchev–Trinajstić information content (AvgIpc) is 3.44. The fourth-order valence-corrected chi connectivity index (χ4v) is 8.23. The van der Waals surface area contributed by atoms with E-state index in [2.05, 4.69) is 22.5 Å². The highest BCUT2D eigenvalue weighted by Gasteiger charge is 2.60. The van der Waals surface area contributed by atoms with E-state index in [-0.39, 0.29) is 61.0 Å². The van der Waals surface area contributed by atoms with Crippen LogP contribution in [-0.4, -0.2) is 84.9 Å². The number of carbonyl (C=O) groups is 2. The molecule has 6 rings (SSSR count). The van der Waals surface area contributed by atoms with Gasteiger partial charge in [0.1, 0.15) is 6.79 Å². The molecule has 10 heteroatoms. The molecule has 4 unspecified atom stereocenters. The van der Waals surface area contributed by atoms with E-state index in [9.17, 15) is 18.4 Å². The number of nitrogens with one attached hydrogen (secondary N) is 2. The highest BCUT2D eigenvalue weighted by atomic mass is 19.3. The Morgan fingerprint density at radius 3 is 2.59 bits per heavy atom. The van der Waals surface area contributed by atoms with E-state index in [1.54, 1.807) is 0 Å². The van der Waals surface area contributed by atoms with Crippen molar-refractivity contribution in [3.8, 4) is 0 Å². The van der Waals surface area contributed by atoms with Gasteiger partial charge in [-0.15, -0.1) is 0 Å². The predicted molar refractivity (Wildman–Crippen MR) is 149 cm³/mol. The highest BCUT2D eigenvalue weighted by Crippen LogP contribution is 2.51. The van der Waals surface area contributed by atoms with E-state index in [4.69, 9.17) is 9.47 Å². The molecule has 8 nitrogen and oxygen atoms in total. The van der Waals surface area contributed by atoms with Gasteiger partial charge in [-0.3, -0.25) is 9.69 Å². The van der Waals surface area contributed by atoms with Crippen LogP contribution in [-0.2, 0) is 14.3 Å². The number of amides is 3. The van der Waals surface area contributed by atoms with E-state index >= 15 is 0 Å². The summed E-state index contributed by atoms with van der Waals surface area (Å²) in [7, 11) is 0. The number of rotatable bonds is 9. The molecule has 41 heavy (non-hydrogen) atoms. The summed E-state index contributed by atoms with van der Waals surface area (Å²) in [5.74, 6) is -2.35. The topological polar surface area (TPSA) is 83.1 Å². The molecule has 5 aliphatic rings. The molecule has 1 aromatic rings. The third kappa shape index (κ3) is 6.11. The maximum Gasteiger partial charge on any atom is 0.317 e. The molecule has 2 aliphatic carbocycles. The molecule has 0 aromatic heterocycles. The van der Waals surface area contributed by atoms with Gasteiger partial charge in [-0.2, -0.15) is 0 Å². The second-order valence-electron chi connectivity index (χ2n) is 13.1. The van der Waals surface area contributed by atoms with Crippen LogP contribution in [0.4, 0.5) is 13.6 Å². The van der Waals surface area contributed by atoms with Crippen molar-refractivity contribution in [1.82, 2.24) is 20.4 Å². The van der Waals surface area contributed by atoms with Gasteiger partial charge in [0.05, 0.1) is 24.8 Å². The summed E-state index contributed by atoms with van der Waals surface area (Å²) < 4.78 is 38.2. The van der Waals surface area contributed by atoms with Gasteiger partial charge >= 0.3 is 6.03 Å². The summed E-state index contributed by atoms with van der Waals surface area (Å²) in [6.07, 6.45) is 3.78. The highest BCUT2D eigenvalue weighted by molar-refractivity contribution is 5.79. The van der Waals surface area contributed by atoms with Crippen molar-refractivity contribution >= 4 is 11.9 Å². The molecule has 2 saturated carbocycles. The monoisotopic (exact) mass is 574 g/mol. The first-order valence-corrected chi connectivity index (χ1v) is 15.5. The lowest BCUT2D eigenvalue weighted by molar-refractivity contribution is -0.130.